The van der Waals surface area contributed by atoms with Gasteiger partial charge in [0.2, 0.25) is 0 Å². The average Bonchev–Trinajstić information content (AvgIpc) is 3.20. The first kappa shape index (κ1) is 23.8. The van der Waals surface area contributed by atoms with Gasteiger partial charge in [-0.2, -0.15) is 0 Å². The van der Waals surface area contributed by atoms with Crippen molar-refractivity contribution >= 4 is 24.2 Å². The summed E-state index contributed by atoms with van der Waals surface area (Å²) in [6.07, 6.45) is 10.2. The van der Waals surface area contributed by atoms with Crippen molar-refractivity contribution in [1.29, 1.82) is 0 Å². The second-order valence-electron chi connectivity index (χ2n) is 8.20. The third kappa shape index (κ3) is 8.06. The molecule has 2 fully saturated rings. The van der Waals surface area contributed by atoms with Gasteiger partial charge in [-0.05, 0) is 63.7 Å². The van der Waals surface area contributed by atoms with E-state index < -0.39 is 0 Å². The van der Waals surface area contributed by atoms with Gasteiger partial charge in [-0.15, -0.1) is 12.4 Å². The molecule has 5 nitrogen and oxygen atoms in total. The highest BCUT2D eigenvalue weighted by Gasteiger charge is 2.30. The van der Waals surface area contributed by atoms with Crippen LogP contribution < -0.4 is 10.1 Å². The summed E-state index contributed by atoms with van der Waals surface area (Å²) in [5.74, 6) is 1.25. The van der Waals surface area contributed by atoms with Crippen LogP contribution in [0.2, 0.25) is 0 Å². The van der Waals surface area contributed by atoms with Crippen LogP contribution in [0.1, 0.15) is 64.7 Å². The SMILES string of the molecule is CCCCCOc1cccc(NC(=O)O[C@H]2CCCC[C@H]2CN2CCCC2)c1.Cl. The van der Waals surface area contributed by atoms with Crippen LogP contribution in [-0.2, 0) is 4.74 Å². The molecule has 1 amide bonds. The van der Waals surface area contributed by atoms with Crippen molar-refractivity contribution in [3.8, 4) is 5.75 Å². The van der Waals surface area contributed by atoms with Crippen molar-refractivity contribution in [2.45, 2.75) is 70.8 Å². The Kier molecular flexibility index (Phi) is 10.6. The van der Waals surface area contributed by atoms with Crippen molar-refractivity contribution < 1.29 is 14.3 Å². The van der Waals surface area contributed by atoms with Gasteiger partial charge in [-0.1, -0.05) is 32.3 Å². The van der Waals surface area contributed by atoms with E-state index in [0.29, 0.717) is 12.5 Å². The molecule has 1 saturated carbocycles. The summed E-state index contributed by atoms with van der Waals surface area (Å²) in [4.78, 5) is 15.0. The molecule has 3 rings (SSSR count). The number of carbonyl (C=O) groups excluding carboxylic acids is 1. The Morgan fingerprint density at radius 1 is 1.14 bits per heavy atom. The third-order valence-corrected chi connectivity index (χ3v) is 5.89. The lowest BCUT2D eigenvalue weighted by molar-refractivity contribution is 0.0327. The highest BCUT2D eigenvalue weighted by molar-refractivity contribution is 5.85. The molecule has 1 aliphatic carbocycles. The number of ether oxygens (including phenoxy) is 2. The number of rotatable bonds is 9. The maximum absolute atomic E-state index is 12.5. The van der Waals surface area contributed by atoms with E-state index in [4.69, 9.17) is 9.47 Å². The van der Waals surface area contributed by atoms with E-state index in [-0.39, 0.29) is 24.6 Å². The zero-order valence-electron chi connectivity index (χ0n) is 17.7. The normalized spacial score (nSPS) is 22.0. The molecule has 0 aromatic heterocycles. The zero-order chi connectivity index (χ0) is 19.6. The quantitative estimate of drug-likeness (QED) is 0.503. The van der Waals surface area contributed by atoms with Crippen LogP contribution in [0.4, 0.5) is 10.5 Å². The van der Waals surface area contributed by atoms with Crippen molar-refractivity contribution in [1.82, 2.24) is 4.90 Å². The summed E-state index contributed by atoms with van der Waals surface area (Å²) < 4.78 is 11.6. The largest absolute Gasteiger partial charge is 0.494 e. The van der Waals surface area contributed by atoms with E-state index in [1.54, 1.807) is 0 Å². The lowest BCUT2D eigenvalue weighted by atomic mass is 9.86. The number of likely N-dealkylation sites (tertiary alicyclic amines) is 1. The summed E-state index contributed by atoms with van der Waals surface area (Å²) in [6, 6.07) is 7.58. The lowest BCUT2D eigenvalue weighted by Gasteiger charge is -2.33. The van der Waals surface area contributed by atoms with Crippen molar-refractivity contribution in [3.63, 3.8) is 0 Å². The summed E-state index contributed by atoms with van der Waals surface area (Å²) in [5.41, 5.74) is 0.727. The number of nitrogens with one attached hydrogen (secondary N) is 1. The number of unbranched alkanes of at least 4 members (excludes halogenated alkanes) is 2. The summed E-state index contributed by atoms with van der Waals surface area (Å²) in [5, 5.41) is 2.89. The molecule has 1 aromatic rings. The Labute approximate surface area is 181 Å². The van der Waals surface area contributed by atoms with E-state index >= 15 is 0 Å². The van der Waals surface area contributed by atoms with Crippen LogP contribution in [0.3, 0.4) is 0 Å². The van der Waals surface area contributed by atoms with Crippen LogP contribution >= 0.6 is 12.4 Å². The second kappa shape index (κ2) is 13.0. The van der Waals surface area contributed by atoms with Crippen molar-refractivity contribution in [2.75, 3.05) is 31.6 Å². The molecule has 0 bridgehead atoms. The number of hydrogen-bond acceptors (Lipinski definition) is 4. The Bertz CT molecular complexity index is 608. The van der Waals surface area contributed by atoms with E-state index in [2.05, 4.69) is 17.1 Å². The number of benzene rings is 1. The molecule has 29 heavy (non-hydrogen) atoms. The number of hydrogen-bond donors (Lipinski definition) is 1. The van der Waals surface area contributed by atoms with Gasteiger partial charge in [0.15, 0.2) is 0 Å². The molecule has 164 valence electrons. The maximum atomic E-state index is 12.5. The van der Waals surface area contributed by atoms with Crippen LogP contribution in [-0.4, -0.2) is 43.3 Å². The van der Waals surface area contributed by atoms with E-state index in [0.717, 1.165) is 43.7 Å². The molecule has 1 aromatic carbocycles. The molecule has 0 radical (unpaired) electrons. The summed E-state index contributed by atoms with van der Waals surface area (Å²) in [6.45, 7) is 6.35. The van der Waals surface area contributed by atoms with Crippen LogP contribution in [0.25, 0.3) is 0 Å². The minimum Gasteiger partial charge on any atom is -0.494 e. The van der Waals surface area contributed by atoms with E-state index in [9.17, 15) is 4.79 Å². The number of halogens is 1. The van der Waals surface area contributed by atoms with Crippen LogP contribution in [0, 0.1) is 5.92 Å². The van der Waals surface area contributed by atoms with E-state index in [1.165, 1.54) is 45.2 Å². The summed E-state index contributed by atoms with van der Waals surface area (Å²) >= 11 is 0. The van der Waals surface area contributed by atoms with Gasteiger partial charge >= 0.3 is 6.09 Å². The minimum absolute atomic E-state index is 0. The zero-order valence-corrected chi connectivity index (χ0v) is 18.6. The Morgan fingerprint density at radius 3 is 2.72 bits per heavy atom. The highest BCUT2D eigenvalue weighted by atomic mass is 35.5. The Balaban J connectivity index is 0.00000300. The van der Waals surface area contributed by atoms with Gasteiger partial charge in [0.05, 0.1) is 6.61 Å². The number of nitrogens with zero attached hydrogens (tertiary/aromatic N) is 1. The molecule has 6 heteroatoms. The first-order valence-corrected chi connectivity index (χ1v) is 11.2. The number of anilines is 1. The fraction of sp³-hybridized carbons (Fsp3) is 0.696. The second-order valence-corrected chi connectivity index (χ2v) is 8.20. The summed E-state index contributed by atoms with van der Waals surface area (Å²) in [7, 11) is 0. The molecular weight excluding hydrogens is 388 g/mol. The average molecular weight is 425 g/mol. The Morgan fingerprint density at radius 2 is 1.93 bits per heavy atom. The van der Waals surface area contributed by atoms with Crippen molar-refractivity contribution in [2.24, 2.45) is 5.92 Å². The van der Waals surface area contributed by atoms with Crippen LogP contribution in [0.15, 0.2) is 24.3 Å². The molecule has 0 unspecified atom stereocenters. The molecule has 2 aliphatic rings. The topological polar surface area (TPSA) is 50.8 Å². The van der Waals surface area contributed by atoms with Gasteiger partial charge in [0.1, 0.15) is 11.9 Å². The predicted molar refractivity (Wildman–Crippen MR) is 120 cm³/mol. The lowest BCUT2D eigenvalue weighted by Crippen LogP contribution is -2.38. The monoisotopic (exact) mass is 424 g/mol. The molecule has 1 N–H and O–H groups in total. The third-order valence-electron chi connectivity index (χ3n) is 5.89. The molecule has 1 aliphatic heterocycles. The highest BCUT2D eigenvalue weighted by Crippen LogP contribution is 2.29. The number of amides is 1. The first-order valence-electron chi connectivity index (χ1n) is 11.2. The first-order chi connectivity index (χ1) is 13.7. The van der Waals surface area contributed by atoms with Gasteiger partial charge in [-0.3, -0.25) is 5.32 Å². The van der Waals surface area contributed by atoms with Crippen molar-refractivity contribution in [3.05, 3.63) is 24.3 Å². The number of carbonyl (C=O) groups is 1. The smallest absolute Gasteiger partial charge is 0.411 e. The van der Waals surface area contributed by atoms with Crippen LogP contribution in [0.5, 0.6) is 5.75 Å². The fourth-order valence-corrected chi connectivity index (χ4v) is 4.33. The predicted octanol–water partition coefficient (Wildman–Crippen LogP) is 5.88. The minimum atomic E-state index is -0.346. The van der Waals surface area contributed by atoms with Gasteiger partial charge in [0, 0.05) is 24.2 Å². The Hall–Kier alpha value is -1.46. The molecule has 0 spiro atoms. The fourth-order valence-electron chi connectivity index (χ4n) is 4.33. The maximum Gasteiger partial charge on any atom is 0.411 e. The molecule has 1 heterocycles. The van der Waals surface area contributed by atoms with Gasteiger partial charge in [-0.25, -0.2) is 4.79 Å². The van der Waals surface area contributed by atoms with E-state index in [1.807, 2.05) is 24.3 Å². The molecule has 2 atom stereocenters. The van der Waals surface area contributed by atoms with Gasteiger partial charge in [0.25, 0.3) is 0 Å². The molecule has 1 saturated heterocycles. The van der Waals surface area contributed by atoms with Gasteiger partial charge < -0.3 is 14.4 Å². The molecular formula is C23H37ClN2O3. The standard InChI is InChI=1S/C23H36N2O3.ClH/c1-2-3-8-16-27-21-12-9-11-20(17-21)24-23(26)28-22-13-5-4-10-19(22)18-25-14-6-7-15-25;/h9,11-12,17,19,22H,2-8,10,13-16,18H2,1H3,(H,24,26);1H/t19-,22-;/m0./s1.